The third kappa shape index (κ3) is 10.0. The molecule has 2 aromatic heterocycles. The molecule has 0 aliphatic carbocycles. The number of rotatable bonds is 10. The fourth-order valence-electron chi connectivity index (χ4n) is 12.9. The molecule has 1 aliphatic rings. The minimum atomic E-state index is -0.792. The maximum Gasteiger partial charge on any atom is 0.137 e. The fraction of sp³-hybridized carbons (Fsp3) is 0.263. The van der Waals surface area contributed by atoms with Gasteiger partial charge in [-0.25, -0.2) is 4.98 Å². The SMILES string of the molecule is CC(C)(C)c1ccc(-c2ccc3c(c2)c2ccc(C(c4ccccc4)(c4ccccc4)c4cc(N5CN(c6cc(C(C)(C)C)cc(C(C)(C)C)c6)c6ccccc65)cc(C(C)(C)C)c4)cc2n3-c2cc(C(C)(C)c3ccccc3)ccn2)cc1. The minimum absolute atomic E-state index is 0.0256. The maximum atomic E-state index is 5.30. The summed E-state index contributed by atoms with van der Waals surface area (Å²) < 4.78 is 2.43. The van der Waals surface area contributed by atoms with Gasteiger partial charge in [-0.3, -0.25) is 4.57 Å². The molecule has 1 aliphatic heterocycles. The average molecular weight is 1100 g/mol. The first kappa shape index (κ1) is 56.0. The first-order valence-electron chi connectivity index (χ1n) is 30.2. The van der Waals surface area contributed by atoms with Crippen LogP contribution in [0.1, 0.15) is 153 Å². The molecule has 3 heterocycles. The number of anilines is 4. The predicted octanol–water partition coefficient (Wildman–Crippen LogP) is 21.0. The van der Waals surface area contributed by atoms with Crippen molar-refractivity contribution >= 4 is 44.6 Å². The van der Waals surface area contributed by atoms with Crippen LogP contribution in [0.5, 0.6) is 0 Å². The van der Waals surface area contributed by atoms with Crippen molar-refractivity contribution in [1.29, 1.82) is 0 Å². The summed E-state index contributed by atoms with van der Waals surface area (Å²) in [7, 11) is 0. The second-order valence-corrected chi connectivity index (χ2v) is 28.3. The lowest BCUT2D eigenvalue weighted by Crippen LogP contribution is -2.32. The monoisotopic (exact) mass is 1100 g/mol. The molecule has 84 heavy (non-hydrogen) atoms. The molecule has 0 atom stereocenters. The summed E-state index contributed by atoms with van der Waals surface area (Å²) in [6.45, 7) is 33.2. The van der Waals surface area contributed by atoms with E-state index in [4.69, 9.17) is 4.98 Å². The van der Waals surface area contributed by atoms with Gasteiger partial charge in [-0.2, -0.15) is 0 Å². The van der Waals surface area contributed by atoms with Crippen molar-refractivity contribution in [2.45, 2.75) is 129 Å². The van der Waals surface area contributed by atoms with Crippen LogP contribution in [-0.4, -0.2) is 16.2 Å². The third-order valence-corrected chi connectivity index (χ3v) is 18.1. The number of hydrogen-bond acceptors (Lipinski definition) is 3. The van der Waals surface area contributed by atoms with Crippen molar-refractivity contribution in [2.24, 2.45) is 0 Å². The van der Waals surface area contributed by atoms with Crippen molar-refractivity contribution in [3.63, 3.8) is 0 Å². The number of nitrogens with zero attached hydrogens (tertiary/aromatic N) is 4. The van der Waals surface area contributed by atoms with Gasteiger partial charge < -0.3 is 9.80 Å². The van der Waals surface area contributed by atoms with Crippen molar-refractivity contribution in [3.8, 4) is 16.9 Å². The highest BCUT2D eigenvalue weighted by molar-refractivity contribution is 6.11. The number of aromatic nitrogens is 2. The van der Waals surface area contributed by atoms with E-state index >= 15 is 0 Å². The zero-order valence-electron chi connectivity index (χ0n) is 51.9. The molecule has 11 aromatic rings. The first-order chi connectivity index (χ1) is 39.9. The molecule has 0 bridgehead atoms. The molecule has 4 nitrogen and oxygen atoms in total. The van der Waals surface area contributed by atoms with E-state index in [1.165, 1.54) is 94.6 Å². The molecule has 4 heteroatoms. The zero-order chi connectivity index (χ0) is 59.1. The van der Waals surface area contributed by atoms with Crippen molar-refractivity contribution in [2.75, 3.05) is 16.5 Å². The van der Waals surface area contributed by atoms with E-state index in [0.29, 0.717) is 6.67 Å². The van der Waals surface area contributed by atoms with E-state index in [9.17, 15) is 0 Å². The zero-order valence-corrected chi connectivity index (χ0v) is 51.9. The van der Waals surface area contributed by atoms with Crippen LogP contribution in [0.15, 0.2) is 231 Å². The van der Waals surface area contributed by atoms with Crippen LogP contribution >= 0.6 is 0 Å². The molecule has 0 fully saturated rings. The van der Waals surface area contributed by atoms with Gasteiger partial charge in [-0.05, 0) is 155 Å². The molecule has 0 N–H and O–H groups in total. The quantitative estimate of drug-likeness (QED) is 0.128. The Kier molecular flexibility index (Phi) is 13.8. The van der Waals surface area contributed by atoms with Crippen LogP contribution in [0.4, 0.5) is 22.7 Å². The van der Waals surface area contributed by atoms with Crippen LogP contribution in [0.3, 0.4) is 0 Å². The predicted molar refractivity (Wildman–Crippen MR) is 358 cm³/mol. The fourth-order valence-corrected chi connectivity index (χ4v) is 12.9. The van der Waals surface area contributed by atoms with Gasteiger partial charge in [0, 0.05) is 33.8 Å². The number of hydrogen-bond donors (Lipinski definition) is 0. The summed E-state index contributed by atoms with van der Waals surface area (Å²) in [4.78, 5) is 10.4. The van der Waals surface area contributed by atoms with Gasteiger partial charge in [-0.1, -0.05) is 255 Å². The van der Waals surface area contributed by atoms with E-state index in [1.54, 1.807) is 0 Å². The van der Waals surface area contributed by atoms with Gasteiger partial charge in [0.2, 0.25) is 0 Å². The number of benzene rings is 9. The number of pyridine rings is 1. The van der Waals surface area contributed by atoms with Crippen LogP contribution < -0.4 is 9.80 Å². The minimum Gasteiger partial charge on any atom is -0.321 e. The molecule has 0 unspecified atom stereocenters. The van der Waals surface area contributed by atoms with Crippen LogP contribution in [0.2, 0.25) is 0 Å². The Hall–Kier alpha value is -8.47. The molecule has 0 radical (unpaired) electrons. The third-order valence-electron chi connectivity index (χ3n) is 18.1. The highest BCUT2D eigenvalue weighted by Crippen LogP contribution is 2.52. The Morgan fingerprint density at radius 3 is 1.27 bits per heavy atom. The molecule has 422 valence electrons. The van der Waals surface area contributed by atoms with Crippen LogP contribution in [0, 0.1) is 0 Å². The lowest BCUT2D eigenvalue weighted by molar-refractivity contribution is 0.568. The Bertz CT molecular complexity index is 4140. The summed E-state index contributed by atoms with van der Waals surface area (Å²) in [6.07, 6.45) is 2.00. The van der Waals surface area contributed by atoms with Gasteiger partial charge in [0.25, 0.3) is 0 Å². The van der Waals surface area contributed by atoms with E-state index < -0.39 is 5.41 Å². The summed E-state index contributed by atoms with van der Waals surface area (Å²) in [5, 5.41) is 2.36. The molecular formula is C80H82N4. The van der Waals surface area contributed by atoms with Crippen LogP contribution in [0.25, 0.3) is 38.8 Å². The largest absolute Gasteiger partial charge is 0.321 e. The van der Waals surface area contributed by atoms with E-state index in [1.807, 2.05) is 6.20 Å². The summed E-state index contributed by atoms with van der Waals surface area (Å²) in [5.41, 5.74) is 20.6. The Morgan fingerprint density at radius 1 is 0.310 bits per heavy atom. The number of fused-ring (bicyclic) bond motifs is 4. The molecular weight excluding hydrogens is 1020 g/mol. The van der Waals surface area contributed by atoms with Crippen molar-refractivity contribution in [1.82, 2.24) is 9.55 Å². The van der Waals surface area contributed by atoms with Crippen molar-refractivity contribution < 1.29 is 0 Å². The van der Waals surface area contributed by atoms with Crippen molar-refractivity contribution in [3.05, 3.63) is 286 Å². The molecule has 0 saturated carbocycles. The van der Waals surface area contributed by atoms with Gasteiger partial charge in [0.1, 0.15) is 12.5 Å². The normalized spacial score (nSPS) is 13.5. The Morgan fingerprint density at radius 2 is 0.762 bits per heavy atom. The second kappa shape index (κ2) is 20.7. The Labute approximate surface area is 500 Å². The van der Waals surface area contributed by atoms with Gasteiger partial charge >= 0.3 is 0 Å². The molecule has 9 aromatic carbocycles. The van der Waals surface area contributed by atoms with Gasteiger partial charge in [-0.15, -0.1) is 0 Å². The number of para-hydroxylation sites is 2. The summed E-state index contributed by atoms with van der Waals surface area (Å²) in [6, 6.07) is 85.1. The highest BCUT2D eigenvalue weighted by Gasteiger charge is 2.41. The van der Waals surface area contributed by atoms with Crippen LogP contribution in [-0.2, 0) is 32.5 Å². The van der Waals surface area contributed by atoms with E-state index in [2.05, 4.69) is 336 Å². The highest BCUT2D eigenvalue weighted by atomic mass is 15.4. The first-order valence-corrected chi connectivity index (χ1v) is 30.2. The molecule has 0 amide bonds. The summed E-state index contributed by atoms with van der Waals surface area (Å²) in [5.74, 6) is 0.887. The lowest BCUT2D eigenvalue weighted by atomic mass is 9.64. The summed E-state index contributed by atoms with van der Waals surface area (Å²) >= 11 is 0. The van der Waals surface area contributed by atoms with E-state index in [0.717, 1.165) is 22.5 Å². The topological polar surface area (TPSA) is 24.3 Å². The van der Waals surface area contributed by atoms with E-state index in [-0.39, 0.29) is 27.1 Å². The standard InChI is InChI=1S/C80H82N4/c1-75(2,3)56-37-34-54(35-38-56)55-36-41-70-69(44-55)68-40-39-61(51-73(68)84(70)74-52-60(42-43-81-74)79(13,14)57-26-18-15-19-27-57)80(58-28-20-16-21-29-58,59-30-22-17-23-31-59)65-46-64(78(10,11)12)49-67(50-65)83-53-82(71-32-24-25-33-72(71)83)66-47-62(76(4,5)6)45-63(48-66)77(7,8)9/h15-52H,53H2,1-14H3. The Balaban J connectivity index is 1.12. The maximum absolute atomic E-state index is 5.30. The lowest BCUT2D eigenvalue weighted by Gasteiger charge is -2.39. The van der Waals surface area contributed by atoms with Gasteiger partial charge in [0.15, 0.2) is 0 Å². The smallest absolute Gasteiger partial charge is 0.137 e. The molecule has 0 saturated heterocycles. The molecule has 12 rings (SSSR count). The molecule has 0 spiro atoms. The second-order valence-electron chi connectivity index (χ2n) is 28.3. The van der Waals surface area contributed by atoms with Gasteiger partial charge in [0.05, 0.1) is 27.8 Å². The average Bonchev–Trinajstić information content (AvgIpc) is 1.83.